The summed E-state index contributed by atoms with van der Waals surface area (Å²) in [7, 11) is 0. The molecule has 0 aromatic carbocycles. The Morgan fingerprint density at radius 2 is 1.81 bits per heavy atom. The molecule has 2 rings (SSSR count). The molecule has 0 amide bonds. The summed E-state index contributed by atoms with van der Waals surface area (Å²) < 4.78 is 19.5. The lowest BCUT2D eigenvalue weighted by atomic mass is 10.2. The van der Waals surface area contributed by atoms with Crippen molar-refractivity contribution in [3.05, 3.63) is 24.8 Å². The number of aliphatic carboxylic acids is 1. The summed E-state index contributed by atoms with van der Waals surface area (Å²) in [5.41, 5.74) is -0.0480. The quantitative estimate of drug-likeness (QED) is 0.218. The van der Waals surface area contributed by atoms with Gasteiger partial charge in [0.25, 0.3) is 0 Å². The minimum atomic E-state index is -1.09. The van der Waals surface area contributed by atoms with Crippen molar-refractivity contribution in [2.24, 2.45) is 0 Å². The number of rotatable bonds is 9. The summed E-state index contributed by atoms with van der Waals surface area (Å²) in [5, 5.41) is 8.33. The number of esters is 1. The van der Waals surface area contributed by atoms with E-state index in [1.54, 1.807) is 6.08 Å². The summed E-state index contributed by atoms with van der Waals surface area (Å²) in [6.45, 7) is 9.82. The van der Waals surface area contributed by atoms with Gasteiger partial charge in [-0.2, -0.15) is 0 Å². The van der Waals surface area contributed by atoms with Gasteiger partial charge in [-0.1, -0.05) is 12.7 Å². The van der Waals surface area contributed by atoms with E-state index in [0.29, 0.717) is 19.3 Å². The first-order chi connectivity index (χ1) is 10.0. The number of hydrogen-bond donors (Lipinski definition) is 1. The van der Waals surface area contributed by atoms with Gasteiger partial charge in [0, 0.05) is 5.57 Å². The normalized spacial score (nSPS) is 21.5. The van der Waals surface area contributed by atoms with Crippen LogP contribution >= 0.6 is 0 Å². The average molecular weight is 300 g/mol. The standard InChI is InChI=1S/C8H10O5.C6H10O2/c1-5(2-7(9)10)8(11)13-4-6-3-12-6;1-2-3-7-4-6-5-8-6/h6H,1-4H2,(H,9,10);2,6H,1,3-5H2. The Hall–Kier alpha value is -1.70. The Morgan fingerprint density at radius 3 is 2.29 bits per heavy atom. The number of carboxylic acids is 1. The van der Waals surface area contributed by atoms with Crippen LogP contribution in [0.25, 0.3) is 0 Å². The van der Waals surface area contributed by atoms with Gasteiger partial charge in [0.1, 0.15) is 18.8 Å². The molecule has 0 aromatic heterocycles. The summed E-state index contributed by atoms with van der Waals surface area (Å²) in [5.74, 6) is -1.76. The molecule has 7 nitrogen and oxygen atoms in total. The van der Waals surface area contributed by atoms with Gasteiger partial charge >= 0.3 is 11.9 Å². The van der Waals surface area contributed by atoms with Gasteiger partial charge in [-0.3, -0.25) is 4.79 Å². The Balaban J connectivity index is 0.000000235. The van der Waals surface area contributed by atoms with Gasteiger partial charge < -0.3 is 24.1 Å². The molecule has 2 fully saturated rings. The van der Waals surface area contributed by atoms with Crippen LogP contribution in [0, 0.1) is 0 Å². The van der Waals surface area contributed by atoms with Crippen molar-refractivity contribution in [1.82, 2.24) is 0 Å². The second-order valence-corrected chi connectivity index (χ2v) is 4.51. The van der Waals surface area contributed by atoms with Crippen LogP contribution < -0.4 is 0 Å². The highest BCUT2D eigenvalue weighted by Crippen LogP contribution is 2.10. The Bertz CT molecular complexity index is 383. The third kappa shape index (κ3) is 9.78. The van der Waals surface area contributed by atoms with Crippen molar-refractivity contribution < 1.29 is 33.6 Å². The first-order valence-electron chi connectivity index (χ1n) is 6.51. The molecule has 0 aromatic rings. The molecule has 2 heterocycles. The molecule has 1 N–H and O–H groups in total. The van der Waals surface area contributed by atoms with Crippen LogP contribution in [-0.2, 0) is 28.5 Å². The molecule has 2 unspecified atom stereocenters. The summed E-state index contributed by atoms with van der Waals surface area (Å²) in [6, 6.07) is 0. The largest absolute Gasteiger partial charge is 0.481 e. The number of ether oxygens (including phenoxy) is 4. The summed E-state index contributed by atoms with van der Waals surface area (Å²) >= 11 is 0. The zero-order chi connectivity index (χ0) is 15.7. The lowest BCUT2D eigenvalue weighted by Gasteiger charge is -2.02. The van der Waals surface area contributed by atoms with E-state index in [9.17, 15) is 9.59 Å². The van der Waals surface area contributed by atoms with Crippen molar-refractivity contribution >= 4 is 11.9 Å². The van der Waals surface area contributed by atoms with E-state index in [2.05, 4.69) is 13.2 Å². The summed E-state index contributed by atoms with van der Waals surface area (Å²) in [4.78, 5) is 21.1. The molecule has 0 spiro atoms. The van der Waals surface area contributed by atoms with Crippen LogP contribution in [-0.4, -0.2) is 62.3 Å². The number of hydrogen-bond acceptors (Lipinski definition) is 6. The molecule has 21 heavy (non-hydrogen) atoms. The van der Waals surface area contributed by atoms with E-state index in [1.807, 2.05) is 0 Å². The van der Waals surface area contributed by atoms with Crippen LogP contribution in [0.2, 0.25) is 0 Å². The third-order valence-electron chi connectivity index (χ3n) is 2.40. The van der Waals surface area contributed by atoms with Crippen molar-refractivity contribution in [1.29, 1.82) is 0 Å². The highest BCUT2D eigenvalue weighted by molar-refractivity contribution is 5.92. The van der Waals surface area contributed by atoms with Gasteiger partial charge in [0.2, 0.25) is 0 Å². The molecule has 0 radical (unpaired) electrons. The zero-order valence-electron chi connectivity index (χ0n) is 11.8. The molecular weight excluding hydrogens is 280 g/mol. The predicted octanol–water partition coefficient (Wildman–Crippen LogP) is 0.547. The number of epoxide rings is 2. The minimum Gasteiger partial charge on any atom is -0.481 e. The Labute approximate surface area is 123 Å². The SMILES string of the molecule is C=C(CC(=O)O)C(=O)OCC1CO1.C=CCOCC1CO1. The van der Waals surface area contributed by atoms with Gasteiger partial charge in [0.15, 0.2) is 0 Å². The maximum absolute atomic E-state index is 11.0. The molecule has 118 valence electrons. The van der Waals surface area contributed by atoms with Crippen LogP contribution in [0.3, 0.4) is 0 Å². The first kappa shape index (κ1) is 17.4. The minimum absolute atomic E-state index is 0.0124. The molecule has 0 bridgehead atoms. The van der Waals surface area contributed by atoms with E-state index in [-0.39, 0.29) is 24.7 Å². The summed E-state index contributed by atoms with van der Waals surface area (Å²) in [6.07, 6.45) is 1.73. The van der Waals surface area contributed by atoms with Crippen molar-refractivity contribution in [3.8, 4) is 0 Å². The van der Waals surface area contributed by atoms with E-state index in [1.165, 1.54) is 0 Å². The topological polar surface area (TPSA) is 97.9 Å². The van der Waals surface area contributed by atoms with Gasteiger partial charge in [0.05, 0.1) is 32.8 Å². The molecule has 2 saturated heterocycles. The average Bonchev–Trinajstić information content (AvgIpc) is 3.30. The Kier molecular flexibility index (Phi) is 7.66. The fourth-order valence-electron chi connectivity index (χ4n) is 1.14. The molecule has 7 heteroatoms. The molecule has 2 aliphatic heterocycles. The second-order valence-electron chi connectivity index (χ2n) is 4.51. The third-order valence-corrected chi connectivity index (χ3v) is 2.40. The highest BCUT2D eigenvalue weighted by atomic mass is 16.6. The maximum Gasteiger partial charge on any atom is 0.334 e. The smallest absolute Gasteiger partial charge is 0.334 e. The monoisotopic (exact) mass is 300 g/mol. The number of carbonyl (C=O) groups excluding carboxylic acids is 1. The van der Waals surface area contributed by atoms with Crippen LogP contribution in [0.5, 0.6) is 0 Å². The van der Waals surface area contributed by atoms with E-state index >= 15 is 0 Å². The maximum atomic E-state index is 11.0. The van der Waals surface area contributed by atoms with Gasteiger partial charge in [-0.25, -0.2) is 4.79 Å². The van der Waals surface area contributed by atoms with Crippen LogP contribution in [0.4, 0.5) is 0 Å². The van der Waals surface area contributed by atoms with Crippen LogP contribution in [0.15, 0.2) is 24.8 Å². The number of carbonyl (C=O) groups is 2. The molecule has 0 saturated carbocycles. The molecular formula is C14H20O7. The Morgan fingerprint density at radius 1 is 1.24 bits per heavy atom. The fourth-order valence-corrected chi connectivity index (χ4v) is 1.14. The van der Waals surface area contributed by atoms with Crippen molar-refractivity contribution in [2.75, 3.05) is 33.0 Å². The van der Waals surface area contributed by atoms with Gasteiger partial charge in [-0.15, -0.1) is 6.58 Å². The first-order valence-corrected chi connectivity index (χ1v) is 6.51. The van der Waals surface area contributed by atoms with E-state index in [0.717, 1.165) is 13.2 Å². The fraction of sp³-hybridized carbons (Fsp3) is 0.571. The molecule has 2 atom stereocenters. The van der Waals surface area contributed by atoms with Crippen LogP contribution in [0.1, 0.15) is 6.42 Å². The number of carboxylic acid groups (broad SMARTS) is 1. The predicted molar refractivity (Wildman–Crippen MR) is 72.8 cm³/mol. The molecule has 2 aliphatic rings. The lowest BCUT2D eigenvalue weighted by molar-refractivity contribution is -0.143. The van der Waals surface area contributed by atoms with Crippen molar-refractivity contribution in [2.45, 2.75) is 18.6 Å². The molecule has 0 aliphatic carbocycles. The van der Waals surface area contributed by atoms with Gasteiger partial charge in [-0.05, 0) is 0 Å². The van der Waals surface area contributed by atoms with E-state index in [4.69, 9.17) is 24.1 Å². The van der Waals surface area contributed by atoms with E-state index < -0.39 is 11.9 Å². The second kappa shape index (κ2) is 9.28. The van der Waals surface area contributed by atoms with Crippen molar-refractivity contribution in [3.63, 3.8) is 0 Å². The highest BCUT2D eigenvalue weighted by Gasteiger charge is 2.25. The zero-order valence-corrected chi connectivity index (χ0v) is 11.8. The lowest BCUT2D eigenvalue weighted by Crippen LogP contribution is -2.13.